The Morgan fingerprint density at radius 1 is 1.00 bits per heavy atom. The molecule has 0 spiro atoms. The number of amides is 2. The van der Waals surface area contributed by atoms with Gasteiger partial charge in [-0.1, -0.05) is 12.1 Å². The van der Waals surface area contributed by atoms with Crippen molar-refractivity contribution in [3.63, 3.8) is 0 Å². The van der Waals surface area contributed by atoms with E-state index in [1.807, 2.05) is 0 Å². The van der Waals surface area contributed by atoms with Gasteiger partial charge in [0.05, 0.1) is 26.3 Å². The van der Waals surface area contributed by atoms with Crippen LogP contribution in [0.4, 0.5) is 8.78 Å². The molecular formula is C19H20F2N2O5. The van der Waals surface area contributed by atoms with E-state index in [1.165, 1.54) is 38.5 Å². The molecule has 2 aromatic rings. The van der Waals surface area contributed by atoms with Gasteiger partial charge >= 0.3 is 6.61 Å². The first-order chi connectivity index (χ1) is 13.4. The molecule has 0 aromatic heterocycles. The van der Waals surface area contributed by atoms with Gasteiger partial charge in [0.1, 0.15) is 17.2 Å². The van der Waals surface area contributed by atoms with Gasteiger partial charge in [0.25, 0.3) is 5.91 Å². The Hall–Kier alpha value is -3.36. The van der Waals surface area contributed by atoms with E-state index < -0.39 is 18.4 Å². The van der Waals surface area contributed by atoms with E-state index in [0.29, 0.717) is 17.1 Å². The van der Waals surface area contributed by atoms with E-state index in [-0.39, 0.29) is 24.4 Å². The highest BCUT2D eigenvalue weighted by Gasteiger charge is 2.16. The number of alkyl halides is 2. The van der Waals surface area contributed by atoms with E-state index in [2.05, 4.69) is 15.4 Å². The maximum atomic E-state index is 12.4. The minimum Gasteiger partial charge on any atom is -0.497 e. The molecule has 2 rings (SSSR count). The van der Waals surface area contributed by atoms with E-state index in [0.717, 1.165) is 0 Å². The molecule has 0 aliphatic carbocycles. The molecule has 0 fully saturated rings. The van der Waals surface area contributed by atoms with Gasteiger partial charge in [-0.3, -0.25) is 9.59 Å². The van der Waals surface area contributed by atoms with Gasteiger partial charge in [-0.2, -0.15) is 8.78 Å². The highest BCUT2D eigenvalue weighted by atomic mass is 19.3. The van der Waals surface area contributed by atoms with E-state index in [4.69, 9.17) is 9.47 Å². The number of para-hydroxylation sites is 1. The number of rotatable bonds is 9. The number of carbonyl (C=O) groups excluding carboxylic acids is 2. The summed E-state index contributed by atoms with van der Waals surface area (Å²) in [5.41, 5.74) is 0.599. The van der Waals surface area contributed by atoms with Gasteiger partial charge in [-0.15, -0.1) is 0 Å². The zero-order chi connectivity index (χ0) is 20.5. The fourth-order valence-corrected chi connectivity index (χ4v) is 2.39. The third-order valence-electron chi connectivity index (χ3n) is 3.72. The first-order valence-electron chi connectivity index (χ1n) is 8.24. The average molecular weight is 394 g/mol. The molecule has 9 heteroatoms. The number of benzene rings is 2. The van der Waals surface area contributed by atoms with E-state index >= 15 is 0 Å². The minimum absolute atomic E-state index is 0.0925. The summed E-state index contributed by atoms with van der Waals surface area (Å²) in [7, 11) is 3.03. The normalized spacial score (nSPS) is 10.3. The Balaban J connectivity index is 1.92. The molecule has 2 N–H and O–H groups in total. The van der Waals surface area contributed by atoms with Gasteiger partial charge in [-0.25, -0.2) is 0 Å². The standard InChI is InChI=1S/C19H20F2N2O5/c1-26-13-7-8-15(27-2)12(9-13)10-22-17(24)11-23-18(25)14-5-3-4-6-16(14)28-19(20)21/h3-9,19H,10-11H2,1-2H3,(H,22,24)(H,23,25). The maximum Gasteiger partial charge on any atom is 0.387 e. The number of hydrogen-bond acceptors (Lipinski definition) is 5. The lowest BCUT2D eigenvalue weighted by Gasteiger charge is -2.12. The van der Waals surface area contributed by atoms with Crippen molar-refractivity contribution in [2.75, 3.05) is 20.8 Å². The summed E-state index contributed by atoms with van der Waals surface area (Å²) >= 11 is 0. The van der Waals surface area contributed by atoms with Crippen molar-refractivity contribution in [3.8, 4) is 17.2 Å². The Morgan fingerprint density at radius 3 is 2.43 bits per heavy atom. The molecule has 0 atom stereocenters. The molecule has 0 saturated carbocycles. The number of carbonyl (C=O) groups is 2. The van der Waals surface area contributed by atoms with E-state index in [1.54, 1.807) is 18.2 Å². The molecule has 0 radical (unpaired) electrons. The Bertz CT molecular complexity index is 830. The van der Waals surface area contributed by atoms with Crippen LogP contribution in [0.15, 0.2) is 42.5 Å². The molecule has 0 aliphatic rings. The Labute approximate surface area is 160 Å². The van der Waals surface area contributed by atoms with Gasteiger partial charge in [-0.05, 0) is 30.3 Å². The minimum atomic E-state index is -3.06. The molecule has 150 valence electrons. The monoisotopic (exact) mass is 394 g/mol. The molecule has 28 heavy (non-hydrogen) atoms. The Morgan fingerprint density at radius 2 is 1.75 bits per heavy atom. The lowest BCUT2D eigenvalue weighted by molar-refractivity contribution is -0.120. The molecular weight excluding hydrogens is 374 g/mol. The molecule has 0 bridgehead atoms. The maximum absolute atomic E-state index is 12.4. The highest BCUT2D eigenvalue weighted by molar-refractivity contribution is 5.98. The predicted molar refractivity (Wildman–Crippen MR) is 96.8 cm³/mol. The summed E-state index contributed by atoms with van der Waals surface area (Å²) in [6.07, 6.45) is 0. The van der Waals surface area contributed by atoms with E-state index in [9.17, 15) is 18.4 Å². The largest absolute Gasteiger partial charge is 0.497 e. The summed E-state index contributed by atoms with van der Waals surface area (Å²) in [5, 5.41) is 5.01. The molecule has 0 aliphatic heterocycles. The molecule has 0 heterocycles. The molecule has 2 aromatic carbocycles. The summed E-state index contributed by atoms with van der Waals surface area (Å²) in [4.78, 5) is 24.2. The SMILES string of the molecule is COc1ccc(OC)c(CNC(=O)CNC(=O)c2ccccc2OC(F)F)c1. The van der Waals surface area contributed by atoms with Crippen LogP contribution in [-0.4, -0.2) is 39.2 Å². The Kier molecular flexibility index (Phi) is 7.55. The van der Waals surface area contributed by atoms with Crippen LogP contribution in [0.2, 0.25) is 0 Å². The van der Waals surface area contributed by atoms with Gasteiger partial charge in [0.2, 0.25) is 5.91 Å². The number of methoxy groups -OCH3 is 2. The molecule has 0 unspecified atom stereocenters. The van der Waals surface area contributed by atoms with Crippen LogP contribution >= 0.6 is 0 Å². The lowest BCUT2D eigenvalue weighted by Crippen LogP contribution is -2.36. The number of hydrogen-bond donors (Lipinski definition) is 2. The second-order valence-electron chi connectivity index (χ2n) is 5.51. The molecule has 0 saturated heterocycles. The van der Waals surface area contributed by atoms with Crippen molar-refractivity contribution in [1.82, 2.24) is 10.6 Å². The zero-order valence-electron chi connectivity index (χ0n) is 15.3. The summed E-state index contributed by atoms with van der Waals surface area (Å²) in [5.74, 6) is -0.260. The summed E-state index contributed by atoms with van der Waals surface area (Å²) < 4.78 is 39.5. The van der Waals surface area contributed by atoms with Gasteiger partial charge in [0.15, 0.2) is 0 Å². The number of nitrogens with one attached hydrogen (secondary N) is 2. The molecule has 7 nitrogen and oxygen atoms in total. The average Bonchev–Trinajstić information content (AvgIpc) is 2.70. The summed E-state index contributed by atoms with van der Waals surface area (Å²) in [6, 6.07) is 10.7. The van der Waals surface area contributed by atoms with Gasteiger partial charge in [0, 0.05) is 12.1 Å². The first-order valence-corrected chi connectivity index (χ1v) is 8.24. The smallest absolute Gasteiger partial charge is 0.387 e. The van der Waals surface area contributed by atoms with Crippen molar-refractivity contribution in [2.45, 2.75) is 13.2 Å². The van der Waals surface area contributed by atoms with Crippen LogP contribution < -0.4 is 24.8 Å². The fraction of sp³-hybridized carbons (Fsp3) is 0.263. The lowest BCUT2D eigenvalue weighted by atomic mass is 10.2. The van der Waals surface area contributed by atoms with Crippen molar-refractivity contribution in [2.24, 2.45) is 0 Å². The quantitative estimate of drug-likeness (QED) is 0.682. The van der Waals surface area contributed by atoms with Crippen LogP contribution in [0.5, 0.6) is 17.2 Å². The zero-order valence-corrected chi connectivity index (χ0v) is 15.3. The van der Waals surface area contributed by atoms with Crippen molar-refractivity contribution in [3.05, 3.63) is 53.6 Å². The van der Waals surface area contributed by atoms with Crippen LogP contribution in [0, 0.1) is 0 Å². The van der Waals surface area contributed by atoms with Crippen molar-refractivity contribution < 1.29 is 32.6 Å². The third kappa shape index (κ3) is 5.83. The number of halogens is 2. The van der Waals surface area contributed by atoms with Crippen molar-refractivity contribution in [1.29, 1.82) is 0 Å². The summed E-state index contributed by atoms with van der Waals surface area (Å²) in [6.45, 7) is -3.25. The van der Waals surface area contributed by atoms with Crippen LogP contribution in [0.1, 0.15) is 15.9 Å². The first kappa shape index (κ1) is 20.9. The predicted octanol–water partition coefficient (Wildman–Crippen LogP) is 2.35. The second kappa shape index (κ2) is 10.1. The van der Waals surface area contributed by atoms with Crippen LogP contribution in [0.25, 0.3) is 0 Å². The third-order valence-corrected chi connectivity index (χ3v) is 3.72. The van der Waals surface area contributed by atoms with Crippen LogP contribution in [0.3, 0.4) is 0 Å². The number of ether oxygens (including phenoxy) is 3. The topological polar surface area (TPSA) is 85.9 Å². The van der Waals surface area contributed by atoms with Crippen molar-refractivity contribution >= 4 is 11.8 Å². The van der Waals surface area contributed by atoms with Gasteiger partial charge < -0.3 is 24.8 Å². The fourth-order valence-electron chi connectivity index (χ4n) is 2.39. The highest BCUT2D eigenvalue weighted by Crippen LogP contribution is 2.23. The second-order valence-corrected chi connectivity index (χ2v) is 5.51. The molecule has 2 amide bonds. The van der Waals surface area contributed by atoms with Crippen LogP contribution in [-0.2, 0) is 11.3 Å².